The molecule has 0 bridgehead atoms. The van der Waals surface area contributed by atoms with Crippen LogP contribution in [0.4, 0.5) is 0 Å². The monoisotopic (exact) mass is 292 g/mol. The van der Waals surface area contributed by atoms with Gasteiger partial charge in [0.25, 0.3) is 0 Å². The van der Waals surface area contributed by atoms with Gasteiger partial charge in [-0.15, -0.1) is 0 Å². The second kappa shape index (κ2) is 5.00. The van der Waals surface area contributed by atoms with Crippen molar-refractivity contribution < 1.29 is 23.2 Å². The van der Waals surface area contributed by atoms with Crippen LogP contribution in [-0.2, 0) is 21.8 Å². The first-order valence-corrected chi connectivity index (χ1v) is 10.3. The first-order valence-electron chi connectivity index (χ1n) is 6.14. The van der Waals surface area contributed by atoms with Gasteiger partial charge in [0, 0.05) is 0 Å². The Labute approximate surface area is 109 Å². The minimum absolute atomic E-state index is 0. The Morgan fingerprint density at radius 3 is 1.88 bits per heavy atom. The summed E-state index contributed by atoms with van der Waals surface area (Å²) in [6.45, 7) is 7.16. The molecule has 0 nitrogen and oxygen atoms in total. The van der Waals surface area contributed by atoms with Crippen LogP contribution >= 0.6 is 0 Å². The van der Waals surface area contributed by atoms with Gasteiger partial charge < -0.3 is 1.43 Å². The largest absolute Gasteiger partial charge is 1.00 e. The average molecular weight is 294 g/mol. The molecule has 0 atom stereocenters. The molecule has 2 rings (SSSR count). The Kier molecular flexibility index (Phi) is 3.85. The van der Waals surface area contributed by atoms with Gasteiger partial charge in [0.2, 0.25) is 0 Å². The van der Waals surface area contributed by atoms with Crippen molar-refractivity contribution in [1.29, 1.82) is 0 Å². The molecule has 0 aromatic carbocycles. The van der Waals surface area contributed by atoms with Crippen LogP contribution in [-0.4, -0.2) is 0 Å². The normalized spacial score (nSPS) is 18.9. The first kappa shape index (κ1) is 12.3. The first-order chi connectivity index (χ1) is 7.56. The van der Waals surface area contributed by atoms with Crippen LogP contribution in [0.2, 0.25) is 4.13 Å². The van der Waals surface area contributed by atoms with E-state index in [-0.39, 0.29) is 1.43 Å². The quantitative estimate of drug-likeness (QED) is 0.696. The van der Waals surface area contributed by atoms with Crippen molar-refractivity contribution in [3.8, 4) is 0 Å². The minimum Gasteiger partial charge on any atom is -1.00 e. The maximum atomic E-state index is 2.40. The van der Waals surface area contributed by atoms with Crippen LogP contribution in [0.5, 0.6) is 0 Å². The molecule has 0 fully saturated rings. The molecule has 0 amide bonds. The van der Waals surface area contributed by atoms with Crippen LogP contribution in [0.15, 0.2) is 43.0 Å². The summed E-state index contributed by atoms with van der Waals surface area (Å²) in [6.07, 6.45) is 16.4. The van der Waals surface area contributed by atoms with Crippen molar-refractivity contribution in [2.24, 2.45) is 5.41 Å². The minimum atomic E-state index is -1.50. The van der Waals surface area contributed by atoms with E-state index in [0.29, 0.717) is 5.41 Å². The molecule has 0 aromatic rings. The van der Waals surface area contributed by atoms with Gasteiger partial charge in [-0.05, 0) is 0 Å². The molecule has 0 spiro atoms. The molecule has 16 heavy (non-hydrogen) atoms. The summed E-state index contributed by atoms with van der Waals surface area (Å²) >= 11 is -1.50. The summed E-state index contributed by atoms with van der Waals surface area (Å²) in [5.41, 5.74) is 0.488. The van der Waals surface area contributed by atoms with Crippen molar-refractivity contribution in [2.75, 3.05) is 0 Å². The maximum Gasteiger partial charge on any atom is -1.00 e. The summed E-state index contributed by atoms with van der Waals surface area (Å²) in [4.78, 5) is 0. The topological polar surface area (TPSA) is 0 Å². The van der Waals surface area contributed by atoms with Crippen LogP contribution in [0, 0.1) is 5.41 Å². The van der Waals surface area contributed by atoms with Gasteiger partial charge in [-0.25, -0.2) is 0 Å². The zero-order valence-corrected chi connectivity index (χ0v) is 13.0. The fourth-order valence-electron chi connectivity index (χ4n) is 2.31. The Morgan fingerprint density at radius 1 is 1.06 bits per heavy atom. The molecule has 2 aliphatic rings. The molecular weight excluding hydrogens is 271 g/mol. The maximum absolute atomic E-state index is 2.40. The third-order valence-electron chi connectivity index (χ3n) is 3.02. The van der Waals surface area contributed by atoms with Crippen molar-refractivity contribution in [3.05, 3.63) is 43.0 Å². The number of allylic oxidation sites excluding steroid dienone is 8. The Hall–Kier alpha value is -0.157. The van der Waals surface area contributed by atoms with E-state index in [1.54, 1.807) is 6.56 Å². The second-order valence-corrected chi connectivity index (χ2v) is 12.2. The average Bonchev–Trinajstić information content (AvgIpc) is 2.86. The molecule has 0 saturated carbocycles. The molecule has 0 aliphatic heterocycles. The van der Waals surface area contributed by atoms with Crippen molar-refractivity contribution >= 4 is 0 Å². The van der Waals surface area contributed by atoms with Gasteiger partial charge >= 0.3 is 108 Å². The fraction of sp³-hybridized carbons (Fsp3) is 0.467. The molecule has 1 heteroatoms. The summed E-state index contributed by atoms with van der Waals surface area (Å²) < 4.78 is 5.05. The molecule has 0 radical (unpaired) electrons. The van der Waals surface area contributed by atoms with Crippen LogP contribution in [0.3, 0.4) is 0 Å². The van der Waals surface area contributed by atoms with Crippen molar-refractivity contribution in [3.63, 3.8) is 0 Å². The third-order valence-corrected chi connectivity index (χ3v) is 12.1. The Morgan fingerprint density at radius 2 is 1.56 bits per heavy atom. The van der Waals surface area contributed by atoms with Crippen LogP contribution in [0.25, 0.3) is 0 Å². The predicted molar refractivity (Wildman–Crippen MR) is 69.1 cm³/mol. The van der Waals surface area contributed by atoms with E-state index in [1.807, 2.05) is 0 Å². The summed E-state index contributed by atoms with van der Waals surface area (Å²) in [5.74, 6) is 0. The van der Waals surface area contributed by atoms with Gasteiger partial charge in [0.15, 0.2) is 0 Å². The summed E-state index contributed by atoms with van der Waals surface area (Å²) in [7, 11) is 0. The summed E-state index contributed by atoms with van der Waals surface area (Å²) in [5, 5.41) is 0. The predicted octanol–water partition coefficient (Wildman–Crippen LogP) is 4.87. The van der Waals surface area contributed by atoms with Crippen molar-refractivity contribution in [1.82, 2.24) is 0 Å². The van der Waals surface area contributed by atoms with E-state index in [2.05, 4.69) is 57.2 Å². The van der Waals surface area contributed by atoms with E-state index < -0.39 is 21.8 Å². The molecule has 0 aromatic heterocycles. The van der Waals surface area contributed by atoms with E-state index >= 15 is 0 Å². The number of rotatable bonds is 3. The smallest absolute Gasteiger partial charge is 1.00 e. The molecule has 86 valence electrons. The van der Waals surface area contributed by atoms with Gasteiger partial charge in [0.1, 0.15) is 0 Å². The van der Waals surface area contributed by atoms with Gasteiger partial charge in [-0.1, -0.05) is 0 Å². The van der Waals surface area contributed by atoms with E-state index in [9.17, 15) is 0 Å². The number of hydrogen-bond donors (Lipinski definition) is 0. The van der Waals surface area contributed by atoms with E-state index in [4.69, 9.17) is 0 Å². The van der Waals surface area contributed by atoms with Crippen LogP contribution in [0.1, 0.15) is 35.0 Å². The SMILES string of the molecule is CC(C)(C)[CH2][Zr+]([C]1=CC=CC1)[C]1=CC=CC1.[H-]. The zero-order valence-electron chi connectivity index (χ0n) is 11.6. The second-order valence-electron chi connectivity index (χ2n) is 5.86. The summed E-state index contributed by atoms with van der Waals surface area (Å²) in [6, 6.07) is 0. The van der Waals surface area contributed by atoms with Gasteiger partial charge in [-0.3, -0.25) is 0 Å². The standard InChI is InChI=1S/2C5H5.C5H11.Zr.H/c2*1-2-4-5-3-1;1-5(2,3)4;;/h2*1-3H,4H2;1H2,2-4H3;;/q;;;+1;-1. The molecule has 0 N–H and O–H groups in total. The van der Waals surface area contributed by atoms with E-state index in [1.165, 1.54) is 17.0 Å². The van der Waals surface area contributed by atoms with Gasteiger partial charge in [-0.2, -0.15) is 0 Å². The zero-order chi connectivity index (χ0) is 11.6. The molecule has 0 unspecified atom stereocenters. The fourth-order valence-corrected chi connectivity index (χ4v) is 10.3. The van der Waals surface area contributed by atoms with Crippen molar-refractivity contribution in [2.45, 2.75) is 37.7 Å². The van der Waals surface area contributed by atoms with E-state index in [0.717, 1.165) is 0 Å². The molecule has 2 aliphatic carbocycles. The molecular formula is C15H22Zr. The van der Waals surface area contributed by atoms with Crippen LogP contribution < -0.4 is 0 Å². The Balaban J connectivity index is 0.00000144. The molecule has 0 saturated heterocycles. The molecule has 0 heterocycles. The van der Waals surface area contributed by atoms with Gasteiger partial charge in [0.05, 0.1) is 0 Å². The third kappa shape index (κ3) is 3.17. The number of hydrogen-bond acceptors (Lipinski definition) is 0. The Bertz CT molecular complexity index is 350.